The van der Waals surface area contributed by atoms with Crippen molar-refractivity contribution in [3.8, 4) is 0 Å². The number of hydrogen-bond donors (Lipinski definition) is 0. The van der Waals surface area contributed by atoms with Gasteiger partial charge < -0.3 is 0 Å². The smallest absolute Gasteiger partial charge is 0 e. The van der Waals surface area contributed by atoms with E-state index in [9.17, 15) is 0 Å². The van der Waals surface area contributed by atoms with E-state index in [1.165, 1.54) is 35.1 Å². The van der Waals surface area contributed by atoms with Gasteiger partial charge in [-0.1, -0.05) is 103 Å². The van der Waals surface area contributed by atoms with Gasteiger partial charge in [-0.05, 0) is 48.4 Å². The van der Waals surface area contributed by atoms with Gasteiger partial charge in [-0.2, -0.15) is 0 Å². The molecule has 0 aliphatic heterocycles. The summed E-state index contributed by atoms with van der Waals surface area (Å²) in [6.07, 6.45) is 4.77. The molecule has 2 aromatic rings. The Labute approximate surface area is 187 Å². The molecule has 150 valence electrons. The van der Waals surface area contributed by atoms with E-state index in [4.69, 9.17) is 0 Å². The van der Waals surface area contributed by atoms with Crippen molar-refractivity contribution in [3.05, 3.63) is 70.8 Å². The third-order valence-electron chi connectivity index (χ3n) is 3.66. The van der Waals surface area contributed by atoms with Gasteiger partial charge in [-0.3, -0.25) is 0 Å². The Kier molecular flexibility index (Phi) is 29.3. The molecule has 0 nitrogen and oxygen atoms in total. The van der Waals surface area contributed by atoms with E-state index in [0.717, 1.165) is 12.8 Å². The molecule has 0 aliphatic carbocycles. The van der Waals surface area contributed by atoms with Crippen molar-refractivity contribution in [2.45, 2.75) is 81.1 Å². The number of benzene rings is 2. The van der Waals surface area contributed by atoms with Crippen LogP contribution in [-0.4, -0.2) is 0 Å². The molecule has 2 rings (SSSR count). The monoisotopic (exact) mass is 582 g/mol. The highest BCUT2D eigenvalue weighted by molar-refractivity contribution is 15.0. The predicted molar refractivity (Wildman–Crippen MR) is 141 cm³/mol. The van der Waals surface area contributed by atoms with Gasteiger partial charge in [0.1, 0.15) is 0 Å². The van der Waals surface area contributed by atoms with Gasteiger partial charge in [0.15, 0.2) is 0 Å². The van der Waals surface area contributed by atoms with Crippen LogP contribution in [0.25, 0.3) is 0 Å². The third kappa shape index (κ3) is 15.0. The topological polar surface area (TPSA) is 0 Å². The van der Waals surface area contributed by atoms with Crippen molar-refractivity contribution in [2.75, 3.05) is 0 Å². The zero-order valence-corrected chi connectivity index (χ0v) is 22.5. The molecular formula is C24H40I2. The van der Waals surface area contributed by atoms with Gasteiger partial charge in [0, 0.05) is 37.2 Å². The lowest BCUT2D eigenvalue weighted by Gasteiger charge is -2.02. The first-order valence-corrected chi connectivity index (χ1v) is 16.3. The molecule has 0 unspecified atom stereocenters. The first kappa shape index (κ1) is 30.6. The lowest BCUT2D eigenvalue weighted by molar-refractivity contribution is 0.913. The zero-order chi connectivity index (χ0) is 20.8. The fourth-order valence-electron chi connectivity index (χ4n) is 2.41. The quantitative estimate of drug-likeness (QED) is 0.315. The van der Waals surface area contributed by atoms with Crippen molar-refractivity contribution in [1.29, 1.82) is 0 Å². The first-order valence-electron chi connectivity index (χ1n) is 9.98. The van der Waals surface area contributed by atoms with E-state index in [1.807, 2.05) is 27.7 Å². The van der Waals surface area contributed by atoms with Crippen LogP contribution in [0.3, 0.4) is 0 Å². The average Bonchev–Trinajstić information content (AvgIpc) is 2.74. The molecule has 0 atom stereocenters. The van der Waals surface area contributed by atoms with Crippen molar-refractivity contribution in [1.82, 2.24) is 0 Å². The summed E-state index contributed by atoms with van der Waals surface area (Å²) in [4.78, 5) is 0. The maximum absolute atomic E-state index is 2.21. The largest absolute Gasteiger partial charge is 0.0683 e. The maximum atomic E-state index is 2.21. The fourth-order valence-corrected chi connectivity index (χ4v) is 2.41. The summed E-state index contributed by atoms with van der Waals surface area (Å²) in [6.45, 7) is 16.8. The molecule has 0 aromatic heterocycles. The number of hydrogen-bond acceptors (Lipinski definition) is 0. The van der Waals surface area contributed by atoms with Crippen LogP contribution in [0.4, 0.5) is 0 Å². The second kappa shape index (κ2) is 24.9. The highest BCUT2D eigenvalue weighted by Crippen LogP contribution is 2.09. The maximum Gasteiger partial charge on any atom is 0 e. The van der Waals surface area contributed by atoms with Gasteiger partial charge in [0.25, 0.3) is 0 Å². The molecule has 0 bridgehead atoms. The normalized spacial score (nSPS) is 8.23. The SMILES string of the molecule is CC.CC.CCCc1ccccc1C.CCc1ccccc1CC.II. The van der Waals surface area contributed by atoms with Gasteiger partial charge >= 0.3 is 0 Å². The van der Waals surface area contributed by atoms with E-state index in [1.54, 1.807) is 0 Å². The molecule has 26 heavy (non-hydrogen) atoms. The summed E-state index contributed by atoms with van der Waals surface area (Å²) in [6, 6.07) is 17.2. The lowest BCUT2D eigenvalue weighted by atomic mass is 10.0. The second-order valence-electron chi connectivity index (χ2n) is 5.15. The summed E-state index contributed by atoms with van der Waals surface area (Å²) >= 11 is 4.24. The Morgan fingerprint density at radius 1 is 0.615 bits per heavy atom. The zero-order valence-electron chi connectivity index (χ0n) is 18.2. The summed E-state index contributed by atoms with van der Waals surface area (Å²) < 4.78 is 0. The summed E-state index contributed by atoms with van der Waals surface area (Å²) in [7, 11) is 0. The van der Waals surface area contributed by atoms with Crippen LogP contribution in [0.15, 0.2) is 48.5 Å². The molecule has 0 spiro atoms. The van der Waals surface area contributed by atoms with Crippen LogP contribution >= 0.6 is 37.2 Å². The highest BCUT2D eigenvalue weighted by Gasteiger charge is 1.94. The number of aryl methyl sites for hydroxylation is 4. The Morgan fingerprint density at radius 2 is 0.962 bits per heavy atom. The van der Waals surface area contributed by atoms with Crippen molar-refractivity contribution >= 4 is 37.2 Å². The molecule has 0 aliphatic rings. The van der Waals surface area contributed by atoms with Crippen molar-refractivity contribution in [3.63, 3.8) is 0 Å². The minimum absolute atomic E-state index is 1.16. The van der Waals surface area contributed by atoms with Crippen LogP contribution in [0, 0.1) is 6.92 Å². The highest BCUT2D eigenvalue weighted by atomic mass is 128. The van der Waals surface area contributed by atoms with E-state index in [2.05, 4.69) is 113 Å². The Morgan fingerprint density at radius 3 is 1.27 bits per heavy atom. The summed E-state index contributed by atoms with van der Waals surface area (Å²) in [5, 5.41) is 0. The minimum atomic E-state index is 1.16. The van der Waals surface area contributed by atoms with Gasteiger partial charge in [0.2, 0.25) is 0 Å². The van der Waals surface area contributed by atoms with Crippen LogP contribution in [-0.2, 0) is 19.3 Å². The van der Waals surface area contributed by atoms with Crippen LogP contribution in [0.1, 0.15) is 77.1 Å². The lowest BCUT2D eigenvalue weighted by Crippen LogP contribution is -1.88. The standard InChI is InChI=1S/2C10H14.2C2H6.I2/c1-3-6-10-8-5-4-7-9(10)2;1-3-9-7-5-6-8-10(9)4-2;3*1-2/h4-5,7-8H,3,6H2,1-2H3;5-8H,3-4H2,1-2H3;2*1-2H3;. The molecular weight excluding hydrogens is 542 g/mol. The minimum Gasteiger partial charge on any atom is -0.0683 e. The average molecular weight is 582 g/mol. The van der Waals surface area contributed by atoms with E-state index in [-0.39, 0.29) is 0 Å². The first-order chi connectivity index (χ1) is 12.7. The van der Waals surface area contributed by atoms with E-state index < -0.39 is 0 Å². The summed E-state index contributed by atoms with van der Waals surface area (Å²) in [5.41, 5.74) is 5.89. The van der Waals surface area contributed by atoms with Crippen molar-refractivity contribution < 1.29 is 0 Å². The molecule has 0 N–H and O–H groups in total. The number of rotatable bonds is 4. The molecule has 2 aromatic carbocycles. The predicted octanol–water partition coefficient (Wildman–Crippen LogP) is 9.58. The Hall–Kier alpha value is -0.1000. The van der Waals surface area contributed by atoms with Gasteiger partial charge in [-0.15, -0.1) is 0 Å². The van der Waals surface area contributed by atoms with Gasteiger partial charge in [-0.25, -0.2) is 0 Å². The van der Waals surface area contributed by atoms with Crippen LogP contribution in [0.5, 0.6) is 0 Å². The van der Waals surface area contributed by atoms with Crippen LogP contribution < -0.4 is 0 Å². The molecule has 2 heteroatoms. The number of halogens is 2. The molecule has 0 saturated heterocycles. The summed E-state index contributed by atoms with van der Waals surface area (Å²) in [5.74, 6) is 0. The van der Waals surface area contributed by atoms with Crippen LogP contribution in [0.2, 0.25) is 0 Å². The van der Waals surface area contributed by atoms with Crippen molar-refractivity contribution in [2.24, 2.45) is 0 Å². The van der Waals surface area contributed by atoms with E-state index >= 15 is 0 Å². The Balaban J connectivity index is -0.000000316. The third-order valence-corrected chi connectivity index (χ3v) is 3.66. The molecule has 0 amide bonds. The van der Waals surface area contributed by atoms with E-state index in [0.29, 0.717) is 0 Å². The Bertz CT molecular complexity index is 484. The fraction of sp³-hybridized carbons (Fsp3) is 0.500. The molecule has 0 heterocycles. The molecule has 0 saturated carbocycles. The second-order valence-corrected chi connectivity index (χ2v) is 5.15. The van der Waals surface area contributed by atoms with Gasteiger partial charge in [0.05, 0.1) is 0 Å². The molecule has 0 fully saturated rings. The molecule has 0 radical (unpaired) electrons.